The van der Waals surface area contributed by atoms with E-state index in [-0.39, 0.29) is 11.4 Å². The summed E-state index contributed by atoms with van der Waals surface area (Å²) in [5.41, 5.74) is 6.93. The van der Waals surface area contributed by atoms with Gasteiger partial charge in [0.25, 0.3) is 5.91 Å². The summed E-state index contributed by atoms with van der Waals surface area (Å²) in [6.07, 6.45) is 0. The molecule has 0 atom stereocenters. The minimum absolute atomic E-state index is 0.158. The van der Waals surface area contributed by atoms with Crippen LogP contribution in [0.15, 0.2) is 29.3 Å². The van der Waals surface area contributed by atoms with Crippen LogP contribution in [0.1, 0.15) is 31.1 Å². The van der Waals surface area contributed by atoms with Crippen molar-refractivity contribution >= 4 is 17.4 Å². The van der Waals surface area contributed by atoms with Crippen LogP contribution in [0.25, 0.3) is 0 Å². The molecule has 0 saturated carbocycles. The maximum Gasteiger partial charge on any atom is 0.267 e. The highest BCUT2D eigenvalue weighted by Crippen LogP contribution is 2.14. The summed E-state index contributed by atoms with van der Waals surface area (Å²) in [5.74, 6) is 0.771. The van der Waals surface area contributed by atoms with Crippen molar-refractivity contribution in [2.24, 2.45) is 4.99 Å². The summed E-state index contributed by atoms with van der Waals surface area (Å²) >= 11 is 0. The molecular formula is C15H23N5O. The molecule has 6 nitrogen and oxygen atoms in total. The fourth-order valence-corrected chi connectivity index (χ4v) is 1.89. The Morgan fingerprint density at radius 2 is 2.10 bits per heavy atom. The third kappa shape index (κ3) is 4.75. The fourth-order valence-electron chi connectivity index (χ4n) is 1.89. The number of carbonyl (C=O) groups excluding carboxylic acids is 1. The highest BCUT2D eigenvalue weighted by molar-refractivity contribution is 6.00. The van der Waals surface area contributed by atoms with E-state index in [9.17, 15) is 4.79 Å². The number of amides is 1. The molecule has 0 unspecified atom stereocenters. The lowest BCUT2D eigenvalue weighted by Gasteiger charge is -2.21. The zero-order valence-electron chi connectivity index (χ0n) is 12.8. The standard InChI is InChI=1S/C15H23N5O/c1-15(2,3)20-19-14(21)11-6-4-5-7-12(11)18-10-13-16-8-9-17-13/h4-7,18,20H,8-10H2,1-3H3,(H,16,17)(H,19,21). The molecule has 0 radical (unpaired) electrons. The predicted octanol–water partition coefficient (Wildman–Crippen LogP) is 1.13. The minimum atomic E-state index is -0.180. The summed E-state index contributed by atoms with van der Waals surface area (Å²) < 4.78 is 0. The molecule has 1 heterocycles. The first-order chi connectivity index (χ1) is 9.96. The first-order valence-corrected chi connectivity index (χ1v) is 7.13. The van der Waals surface area contributed by atoms with E-state index in [2.05, 4.69) is 26.5 Å². The van der Waals surface area contributed by atoms with Crippen molar-refractivity contribution in [3.05, 3.63) is 29.8 Å². The lowest BCUT2D eigenvalue weighted by molar-refractivity contribution is 0.0915. The number of hydrazine groups is 1. The average molecular weight is 289 g/mol. The van der Waals surface area contributed by atoms with Gasteiger partial charge < -0.3 is 10.6 Å². The molecule has 0 spiro atoms. The SMILES string of the molecule is CC(C)(C)NNC(=O)c1ccccc1NCC1=NCCN1. The van der Waals surface area contributed by atoms with Gasteiger partial charge in [-0.15, -0.1) is 0 Å². The van der Waals surface area contributed by atoms with E-state index < -0.39 is 0 Å². The van der Waals surface area contributed by atoms with Crippen LogP contribution in [0.4, 0.5) is 5.69 Å². The second-order valence-electron chi connectivity index (χ2n) is 5.98. The molecule has 0 fully saturated rings. The van der Waals surface area contributed by atoms with Gasteiger partial charge in [-0.3, -0.25) is 15.2 Å². The van der Waals surface area contributed by atoms with Gasteiger partial charge in [0, 0.05) is 17.8 Å². The lowest BCUT2D eigenvalue weighted by atomic mass is 10.1. The predicted molar refractivity (Wildman–Crippen MR) is 85.6 cm³/mol. The third-order valence-corrected chi connectivity index (χ3v) is 2.91. The highest BCUT2D eigenvalue weighted by atomic mass is 16.2. The number of anilines is 1. The first kappa shape index (κ1) is 15.3. The molecule has 0 aliphatic carbocycles. The molecule has 1 amide bonds. The van der Waals surface area contributed by atoms with E-state index in [4.69, 9.17) is 0 Å². The van der Waals surface area contributed by atoms with E-state index >= 15 is 0 Å². The minimum Gasteiger partial charge on any atom is -0.377 e. The number of nitrogens with one attached hydrogen (secondary N) is 4. The van der Waals surface area contributed by atoms with Crippen molar-refractivity contribution < 1.29 is 4.79 Å². The Bertz CT molecular complexity index is 533. The summed E-state index contributed by atoms with van der Waals surface area (Å²) in [6.45, 7) is 8.25. The average Bonchev–Trinajstić information content (AvgIpc) is 2.95. The number of amidine groups is 1. The number of para-hydroxylation sites is 1. The van der Waals surface area contributed by atoms with Crippen LogP contribution in [-0.4, -0.2) is 36.9 Å². The molecule has 4 N–H and O–H groups in total. The van der Waals surface area contributed by atoms with Crippen LogP contribution >= 0.6 is 0 Å². The monoisotopic (exact) mass is 289 g/mol. The molecule has 114 valence electrons. The van der Waals surface area contributed by atoms with Crippen LogP contribution in [0.2, 0.25) is 0 Å². The van der Waals surface area contributed by atoms with Gasteiger partial charge in [0.05, 0.1) is 18.7 Å². The van der Waals surface area contributed by atoms with Crippen molar-refractivity contribution in [1.82, 2.24) is 16.2 Å². The molecule has 2 rings (SSSR count). The second kappa shape index (κ2) is 6.58. The quantitative estimate of drug-likeness (QED) is 0.613. The topological polar surface area (TPSA) is 77.5 Å². The van der Waals surface area contributed by atoms with Crippen LogP contribution in [0.5, 0.6) is 0 Å². The molecule has 0 aromatic heterocycles. The van der Waals surface area contributed by atoms with Crippen LogP contribution in [-0.2, 0) is 0 Å². The summed E-state index contributed by atoms with van der Waals surface area (Å²) in [6, 6.07) is 7.44. The molecule has 1 aliphatic rings. The van der Waals surface area contributed by atoms with E-state index in [1.807, 2.05) is 39.0 Å². The zero-order valence-corrected chi connectivity index (χ0v) is 12.8. The van der Waals surface area contributed by atoms with Gasteiger partial charge in [-0.2, -0.15) is 0 Å². The summed E-state index contributed by atoms with van der Waals surface area (Å²) in [5, 5.41) is 6.45. The van der Waals surface area contributed by atoms with Crippen molar-refractivity contribution in [1.29, 1.82) is 0 Å². The maximum absolute atomic E-state index is 12.2. The Labute approximate surface area is 125 Å². The lowest BCUT2D eigenvalue weighted by Crippen LogP contribution is -2.48. The number of carbonyl (C=O) groups is 1. The number of rotatable bonds is 5. The van der Waals surface area contributed by atoms with Crippen LogP contribution in [0, 0.1) is 0 Å². The number of nitrogens with zero attached hydrogens (tertiary/aromatic N) is 1. The Hall–Kier alpha value is -2.08. The van der Waals surface area contributed by atoms with Gasteiger partial charge in [0.15, 0.2) is 0 Å². The van der Waals surface area contributed by atoms with E-state index in [1.54, 1.807) is 6.07 Å². The molecule has 6 heteroatoms. The Balaban J connectivity index is 2.00. The van der Waals surface area contributed by atoms with Gasteiger partial charge in [0.2, 0.25) is 0 Å². The smallest absolute Gasteiger partial charge is 0.267 e. The third-order valence-electron chi connectivity index (χ3n) is 2.91. The van der Waals surface area contributed by atoms with Gasteiger partial charge >= 0.3 is 0 Å². The molecule has 21 heavy (non-hydrogen) atoms. The number of hydrogen-bond acceptors (Lipinski definition) is 5. The largest absolute Gasteiger partial charge is 0.377 e. The van der Waals surface area contributed by atoms with Crippen LogP contribution in [0.3, 0.4) is 0 Å². The van der Waals surface area contributed by atoms with E-state index in [0.717, 1.165) is 24.6 Å². The highest BCUT2D eigenvalue weighted by Gasteiger charge is 2.15. The Morgan fingerprint density at radius 1 is 1.33 bits per heavy atom. The molecule has 1 aromatic carbocycles. The molecule has 0 saturated heterocycles. The molecule has 0 bridgehead atoms. The molecule has 1 aromatic rings. The zero-order chi connectivity index (χ0) is 15.3. The number of benzene rings is 1. The summed E-state index contributed by atoms with van der Waals surface area (Å²) in [4.78, 5) is 16.6. The maximum atomic E-state index is 12.2. The van der Waals surface area contributed by atoms with Gasteiger partial charge in [-0.05, 0) is 32.9 Å². The normalized spacial score (nSPS) is 14.3. The van der Waals surface area contributed by atoms with Crippen LogP contribution < -0.4 is 21.5 Å². The number of aliphatic imine (C=N–C) groups is 1. The fraction of sp³-hybridized carbons (Fsp3) is 0.467. The molecule has 1 aliphatic heterocycles. The van der Waals surface area contributed by atoms with Crippen molar-refractivity contribution in [3.63, 3.8) is 0 Å². The van der Waals surface area contributed by atoms with Gasteiger partial charge in [-0.1, -0.05) is 12.1 Å². The van der Waals surface area contributed by atoms with Gasteiger partial charge in [0.1, 0.15) is 5.84 Å². The van der Waals surface area contributed by atoms with Crippen molar-refractivity contribution in [2.75, 3.05) is 25.0 Å². The number of hydrogen-bond donors (Lipinski definition) is 4. The second-order valence-corrected chi connectivity index (χ2v) is 5.98. The van der Waals surface area contributed by atoms with Crippen molar-refractivity contribution in [2.45, 2.75) is 26.3 Å². The Kier molecular flexibility index (Phi) is 4.80. The van der Waals surface area contributed by atoms with E-state index in [0.29, 0.717) is 12.1 Å². The summed E-state index contributed by atoms with van der Waals surface area (Å²) in [7, 11) is 0. The Morgan fingerprint density at radius 3 is 2.76 bits per heavy atom. The van der Waals surface area contributed by atoms with E-state index in [1.165, 1.54) is 0 Å². The van der Waals surface area contributed by atoms with Gasteiger partial charge in [-0.25, -0.2) is 5.43 Å². The van der Waals surface area contributed by atoms with Crippen molar-refractivity contribution in [3.8, 4) is 0 Å². The first-order valence-electron chi connectivity index (χ1n) is 7.13. The molecular weight excluding hydrogens is 266 g/mol.